The maximum absolute atomic E-state index is 11.9. The zero-order valence-electron chi connectivity index (χ0n) is 12.6. The van der Waals surface area contributed by atoms with Crippen molar-refractivity contribution in [3.05, 3.63) is 0 Å². The molecule has 1 aliphatic rings. The smallest absolute Gasteiger partial charge is 0.372 e. The van der Waals surface area contributed by atoms with Gasteiger partial charge >= 0.3 is 6.18 Å². The van der Waals surface area contributed by atoms with Crippen LogP contribution in [-0.4, -0.2) is 74.4 Å². The minimum absolute atomic E-state index is 0. The van der Waals surface area contributed by atoms with E-state index in [1.54, 1.807) is 0 Å². The van der Waals surface area contributed by atoms with Crippen molar-refractivity contribution >= 4 is 18.3 Å². The van der Waals surface area contributed by atoms with Gasteiger partial charge in [-0.1, -0.05) is 0 Å². The summed E-state index contributed by atoms with van der Waals surface area (Å²) in [5.74, 6) is 0.133. The fourth-order valence-electron chi connectivity index (χ4n) is 2.21. The van der Waals surface area contributed by atoms with E-state index >= 15 is 0 Å². The second-order valence-electron chi connectivity index (χ2n) is 5.14. The van der Waals surface area contributed by atoms with Gasteiger partial charge < -0.3 is 15.4 Å². The molecule has 0 saturated carbocycles. The molecule has 0 aromatic carbocycles. The van der Waals surface area contributed by atoms with Crippen molar-refractivity contribution < 1.29 is 22.7 Å². The third-order valence-corrected chi connectivity index (χ3v) is 3.35. The van der Waals surface area contributed by atoms with Gasteiger partial charge in [-0.3, -0.25) is 9.69 Å². The molecule has 0 spiro atoms. The van der Waals surface area contributed by atoms with Crippen molar-refractivity contribution in [2.24, 2.45) is 5.73 Å². The molecule has 0 atom stereocenters. The number of hydrogen-bond donors (Lipinski definition) is 1. The van der Waals surface area contributed by atoms with Crippen LogP contribution in [0, 0.1) is 0 Å². The summed E-state index contributed by atoms with van der Waals surface area (Å²) in [5.41, 5.74) is 5.37. The van der Waals surface area contributed by atoms with Gasteiger partial charge in [0.2, 0.25) is 5.91 Å². The van der Waals surface area contributed by atoms with Gasteiger partial charge in [-0.2, -0.15) is 13.2 Å². The Labute approximate surface area is 135 Å². The van der Waals surface area contributed by atoms with Crippen LogP contribution < -0.4 is 5.73 Å². The molecule has 0 aromatic heterocycles. The topological polar surface area (TPSA) is 58.8 Å². The Morgan fingerprint density at radius 2 is 1.77 bits per heavy atom. The first kappa shape index (κ1) is 21.4. The number of alkyl halides is 3. The van der Waals surface area contributed by atoms with E-state index in [0.717, 1.165) is 13.1 Å². The molecule has 132 valence electrons. The lowest BCUT2D eigenvalue weighted by molar-refractivity contribution is -0.174. The number of halogens is 4. The monoisotopic (exact) mass is 347 g/mol. The summed E-state index contributed by atoms with van der Waals surface area (Å²) in [6, 6.07) is 0. The highest BCUT2D eigenvalue weighted by molar-refractivity contribution is 5.85. The number of nitrogens with zero attached hydrogens (tertiary/aromatic N) is 2. The number of amides is 1. The number of rotatable bonds is 8. The SMILES string of the molecule is Cl.NCCCC(=O)N1CCN(CCCOCC(F)(F)F)CC1. The first-order valence-corrected chi connectivity index (χ1v) is 7.27. The van der Waals surface area contributed by atoms with E-state index in [2.05, 4.69) is 9.64 Å². The Hall–Kier alpha value is -0.570. The molecule has 0 unspecified atom stereocenters. The van der Waals surface area contributed by atoms with Crippen molar-refractivity contribution in [2.45, 2.75) is 25.4 Å². The average Bonchev–Trinajstić information content (AvgIpc) is 2.44. The average molecular weight is 348 g/mol. The Bertz CT molecular complexity index is 311. The predicted octanol–water partition coefficient (Wildman–Crippen LogP) is 1.26. The van der Waals surface area contributed by atoms with Crippen LogP contribution in [0.2, 0.25) is 0 Å². The molecule has 1 rings (SSSR count). The Balaban J connectivity index is 0.00000441. The Morgan fingerprint density at radius 1 is 1.14 bits per heavy atom. The van der Waals surface area contributed by atoms with E-state index in [-0.39, 0.29) is 24.9 Å². The summed E-state index contributed by atoms with van der Waals surface area (Å²) in [4.78, 5) is 15.8. The van der Waals surface area contributed by atoms with Gasteiger partial charge in [0.25, 0.3) is 0 Å². The summed E-state index contributed by atoms with van der Waals surface area (Å²) in [6.07, 6.45) is -2.50. The van der Waals surface area contributed by atoms with Crippen molar-refractivity contribution in [3.8, 4) is 0 Å². The highest BCUT2D eigenvalue weighted by Gasteiger charge is 2.27. The molecule has 0 aliphatic carbocycles. The molecular weight excluding hydrogens is 323 g/mol. The highest BCUT2D eigenvalue weighted by Crippen LogP contribution is 2.14. The standard InChI is InChI=1S/C13H24F3N3O2.ClH/c14-13(15,16)11-21-10-2-5-18-6-8-19(9-7-18)12(20)3-1-4-17;/h1-11,17H2;1H. The summed E-state index contributed by atoms with van der Waals surface area (Å²) in [6.45, 7) is 3.00. The third kappa shape index (κ3) is 9.45. The van der Waals surface area contributed by atoms with Gasteiger partial charge in [-0.25, -0.2) is 0 Å². The summed E-state index contributed by atoms with van der Waals surface area (Å²) >= 11 is 0. The Kier molecular flexibility index (Phi) is 10.8. The van der Waals surface area contributed by atoms with Gasteiger partial charge in [-0.05, 0) is 19.4 Å². The molecule has 1 heterocycles. The van der Waals surface area contributed by atoms with E-state index in [1.807, 2.05) is 4.90 Å². The third-order valence-electron chi connectivity index (χ3n) is 3.35. The number of nitrogens with two attached hydrogens (primary N) is 1. The maximum Gasteiger partial charge on any atom is 0.411 e. The minimum atomic E-state index is -4.25. The molecule has 0 bridgehead atoms. The molecule has 1 aliphatic heterocycles. The van der Waals surface area contributed by atoms with E-state index in [0.29, 0.717) is 45.4 Å². The lowest BCUT2D eigenvalue weighted by atomic mass is 10.2. The molecule has 9 heteroatoms. The quantitative estimate of drug-likeness (QED) is 0.672. The first-order valence-electron chi connectivity index (χ1n) is 7.27. The molecule has 1 fully saturated rings. The lowest BCUT2D eigenvalue weighted by Gasteiger charge is -2.34. The van der Waals surface area contributed by atoms with Crippen molar-refractivity contribution in [3.63, 3.8) is 0 Å². The van der Waals surface area contributed by atoms with E-state index in [9.17, 15) is 18.0 Å². The van der Waals surface area contributed by atoms with Gasteiger partial charge in [0.05, 0.1) is 0 Å². The molecular formula is C13H25ClF3N3O2. The van der Waals surface area contributed by atoms with Gasteiger partial charge in [0, 0.05) is 45.8 Å². The molecule has 0 radical (unpaired) electrons. The number of ether oxygens (including phenoxy) is 1. The van der Waals surface area contributed by atoms with Crippen molar-refractivity contribution in [2.75, 3.05) is 52.5 Å². The van der Waals surface area contributed by atoms with E-state index < -0.39 is 12.8 Å². The minimum Gasteiger partial charge on any atom is -0.372 e. The second-order valence-corrected chi connectivity index (χ2v) is 5.14. The number of carbonyl (C=O) groups is 1. The summed E-state index contributed by atoms with van der Waals surface area (Å²) < 4.78 is 40.2. The normalized spacial score (nSPS) is 16.5. The molecule has 1 saturated heterocycles. The Morgan fingerprint density at radius 3 is 2.32 bits per heavy atom. The molecule has 22 heavy (non-hydrogen) atoms. The van der Waals surface area contributed by atoms with Crippen LogP contribution in [0.15, 0.2) is 0 Å². The van der Waals surface area contributed by atoms with Crippen molar-refractivity contribution in [1.29, 1.82) is 0 Å². The maximum atomic E-state index is 11.9. The second kappa shape index (κ2) is 11.0. The van der Waals surface area contributed by atoms with Crippen molar-refractivity contribution in [1.82, 2.24) is 9.80 Å². The number of carbonyl (C=O) groups excluding carboxylic acids is 1. The first-order chi connectivity index (χ1) is 9.92. The number of piperazine rings is 1. The molecule has 0 aromatic rings. The van der Waals surface area contributed by atoms with E-state index in [1.165, 1.54) is 0 Å². The van der Waals surface area contributed by atoms with Crippen LogP contribution >= 0.6 is 12.4 Å². The van der Waals surface area contributed by atoms with Crippen LogP contribution in [0.3, 0.4) is 0 Å². The molecule has 1 amide bonds. The lowest BCUT2D eigenvalue weighted by Crippen LogP contribution is -2.49. The van der Waals surface area contributed by atoms with Crippen LogP contribution in [0.25, 0.3) is 0 Å². The van der Waals surface area contributed by atoms with Crippen LogP contribution in [0.4, 0.5) is 13.2 Å². The summed E-state index contributed by atoms with van der Waals surface area (Å²) in [7, 11) is 0. The predicted molar refractivity (Wildman–Crippen MR) is 80.0 cm³/mol. The highest BCUT2D eigenvalue weighted by atomic mass is 35.5. The van der Waals surface area contributed by atoms with Gasteiger partial charge in [0.1, 0.15) is 6.61 Å². The fraction of sp³-hybridized carbons (Fsp3) is 0.923. The van der Waals surface area contributed by atoms with Gasteiger partial charge in [0.15, 0.2) is 0 Å². The fourth-order valence-corrected chi connectivity index (χ4v) is 2.21. The van der Waals surface area contributed by atoms with Crippen LogP contribution in [0.1, 0.15) is 19.3 Å². The molecule has 2 N–H and O–H groups in total. The van der Waals surface area contributed by atoms with Crippen LogP contribution in [-0.2, 0) is 9.53 Å². The summed E-state index contributed by atoms with van der Waals surface area (Å²) in [5, 5.41) is 0. The zero-order chi connectivity index (χ0) is 15.7. The largest absolute Gasteiger partial charge is 0.411 e. The number of hydrogen-bond acceptors (Lipinski definition) is 4. The van der Waals surface area contributed by atoms with E-state index in [4.69, 9.17) is 5.73 Å². The zero-order valence-corrected chi connectivity index (χ0v) is 13.4. The van der Waals surface area contributed by atoms with Crippen LogP contribution in [0.5, 0.6) is 0 Å². The van der Waals surface area contributed by atoms with Gasteiger partial charge in [-0.15, -0.1) is 12.4 Å². The molecule has 5 nitrogen and oxygen atoms in total.